The molecule has 15 heavy (non-hydrogen) atoms. The highest BCUT2D eigenvalue weighted by atomic mass is 14.9. The van der Waals surface area contributed by atoms with Gasteiger partial charge < -0.3 is 5.32 Å². The van der Waals surface area contributed by atoms with Gasteiger partial charge in [0.1, 0.15) is 0 Å². The smallest absolute Gasteiger partial charge is 0.0991 e. The number of nitrogens with zero attached hydrogens (tertiary/aromatic N) is 1. The summed E-state index contributed by atoms with van der Waals surface area (Å²) in [5.41, 5.74) is 1.95. The van der Waals surface area contributed by atoms with Gasteiger partial charge in [0.25, 0.3) is 0 Å². The zero-order valence-corrected chi connectivity index (χ0v) is 9.46. The standard InChI is InChI=1S/C13H18N2/c1-3-8-15-13(4-2)12-7-5-6-11(9-12)10-14/h5-7,9,13,15H,3-4,8H2,1-2H3. The van der Waals surface area contributed by atoms with Crippen LogP contribution in [-0.4, -0.2) is 6.54 Å². The molecule has 0 spiro atoms. The second kappa shape index (κ2) is 6.21. The monoisotopic (exact) mass is 202 g/mol. The number of nitriles is 1. The summed E-state index contributed by atoms with van der Waals surface area (Å²) >= 11 is 0. The number of rotatable bonds is 5. The highest BCUT2D eigenvalue weighted by molar-refractivity contribution is 5.34. The Morgan fingerprint density at radius 2 is 2.20 bits per heavy atom. The molecule has 0 bridgehead atoms. The fraction of sp³-hybridized carbons (Fsp3) is 0.462. The molecule has 2 nitrogen and oxygen atoms in total. The van der Waals surface area contributed by atoms with Gasteiger partial charge in [-0.25, -0.2) is 0 Å². The minimum Gasteiger partial charge on any atom is -0.310 e. The zero-order valence-electron chi connectivity index (χ0n) is 9.46. The first-order valence-electron chi connectivity index (χ1n) is 5.55. The van der Waals surface area contributed by atoms with Crippen LogP contribution in [0.25, 0.3) is 0 Å². The molecule has 0 aromatic heterocycles. The van der Waals surface area contributed by atoms with E-state index in [1.807, 2.05) is 18.2 Å². The molecule has 0 amide bonds. The molecule has 0 aliphatic carbocycles. The SMILES string of the molecule is CCCNC(CC)c1cccc(C#N)c1. The van der Waals surface area contributed by atoms with Crippen molar-refractivity contribution in [3.63, 3.8) is 0 Å². The summed E-state index contributed by atoms with van der Waals surface area (Å²) in [5.74, 6) is 0. The van der Waals surface area contributed by atoms with Crippen LogP contribution in [0.1, 0.15) is 43.9 Å². The maximum atomic E-state index is 8.82. The first-order valence-corrected chi connectivity index (χ1v) is 5.55. The van der Waals surface area contributed by atoms with Crippen LogP contribution in [0.3, 0.4) is 0 Å². The highest BCUT2D eigenvalue weighted by Crippen LogP contribution is 2.17. The minimum atomic E-state index is 0.373. The molecule has 0 radical (unpaired) electrons. The highest BCUT2D eigenvalue weighted by Gasteiger charge is 2.07. The summed E-state index contributed by atoms with van der Waals surface area (Å²) in [7, 11) is 0. The van der Waals surface area contributed by atoms with Gasteiger partial charge in [0.2, 0.25) is 0 Å². The molecule has 2 heteroatoms. The summed E-state index contributed by atoms with van der Waals surface area (Å²) in [5, 5.41) is 12.3. The van der Waals surface area contributed by atoms with Gasteiger partial charge in [-0.2, -0.15) is 5.26 Å². The molecule has 1 atom stereocenters. The Kier molecular flexibility index (Phi) is 4.86. The van der Waals surface area contributed by atoms with Gasteiger partial charge in [0, 0.05) is 6.04 Å². The van der Waals surface area contributed by atoms with Crippen LogP contribution in [0.5, 0.6) is 0 Å². The molecule has 0 saturated carbocycles. The van der Waals surface area contributed by atoms with Crippen molar-refractivity contribution in [3.05, 3.63) is 35.4 Å². The van der Waals surface area contributed by atoms with Gasteiger partial charge in [0.05, 0.1) is 11.6 Å². The van der Waals surface area contributed by atoms with Crippen LogP contribution in [0.2, 0.25) is 0 Å². The van der Waals surface area contributed by atoms with Crippen molar-refractivity contribution >= 4 is 0 Å². The van der Waals surface area contributed by atoms with Crippen molar-refractivity contribution in [2.75, 3.05) is 6.54 Å². The van der Waals surface area contributed by atoms with Crippen LogP contribution in [0.4, 0.5) is 0 Å². The molecule has 0 heterocycles. The second-order valence-electron chi connectivity index (χ2n) is 3.65. The molecule has 0 aliphatic heterocycles. The van der Waals surface area contributed by atoms with Crippen molar-refractivity contribution in [1.82, 2.24) is 5.32 Å². The number of hydrogen-bond acceptors (Lipinski definition) is 2. The van der Waals surface area contributed by atoms with Crippen molar-refractivity contribution in [1.29, 1.82) is 5.26 Å². The summed E-state index contributed by atoms with van der Waals surface area (Å²) in [6.45, 7) is 5.34. The number of benzene rings is 1. The van der Waals surface area contributed by atoms with Crippen LogP contribution >= 0.6 is 0 Å². The van der Waals surface area contributed by atoms with Crippen molar-refractivity contribution < 1.29 is 0 Å². The fourth-order valence-corrected chi connectivity index (χ4v) is 1.64. The quantitative estimate of drug-likeness (QED) is 0.796. The lowest BCUT2D eigenvalue weighted by Gasteiger charge is -2.16. The number of hydrogen-bond donors (Lipinski definition) is 1. The first kappa shape index (κ1) is 11.7. The van der Waals surface area contributed by atoms with Crippen molar-refractivity contribution in [2.45, 2.75) is 32.7 Å². The Hall–Kier alpha value is -1.33. The lowest BCUT2D eigenvalue weighted by molar-refractivity contribution is 0.518. The van der Waals surface area contributed by atoms with E-state index in [1.165, 1.54) is 5.56 Å². The minimum absolute atomic E-state index is 0.373. The molecule has 1 N–H and O–H groups in total. The summed E-state index contributed by atoms with van der Waals surface area (Å²) < 4.78 is 0. The third-order valence-electron chi connectivity index (χ3n) is 2.47. The van der Waals surface area contributed by atoms with E-state index in [9.17, 15) is 0 Å². The topological polar surface area (TPSA) is 35.8 Å². The third-order valence-corrected chi connectivity index (χ3v) is 2.47. The van der Waals surface area contributed by atoms with Crippen LogP contribution in [0, 0.1) is 11.3 Å². The van der Waals surface area contributed by atoms with Crippen molar-refractivity contribution in [3.8, 4) is 6.07 Å². The summed E-state index contributed by atoms with van der Waals surface area (Å²) in [4.78, 5) is 0. The fourth-order valence-electron chi connectivity index (χ4n) is 1.64. The maximum absolute atomic E-state index is 8.82. The van der Waals surface area contributed by atoms with E-state index in [0.717, 1.165) is 24.9 Å². The van der Waals surface area contributed by atoms with E-state index < -0.39 is 0 Å². The number of nitrogens with one attached hydrogen (secondary N) is 1. The lowest BCUT2D eigenvalue weighted by Crippen LogP contribution is -2.21. The normalized spacial score (nSPS) is 12.1. The van der Waals surface area contributed by atoms with E-state index in [0.29, 0.717) is 6.04 Å². The van der Waals surface area contributed by atoms with E-state index in [1.54, 1.807) is 0 Å². The Morgan fingerprint density at radius 3 is 2.80 bits per heavy atom. The molecule has 1 rings (SSSR count). The maximum Gasteiger partial charge on any atom is 0.0991 e. The van der Waals surface area contributed by atoms with Gasteiger partial charge in [-0.1, -0.05) is 26.0 Å². The molecule has 0 saturated heterocycles. The van der Waals surface area contributed by atoms with Gasteiger partial charge >= 0.3 is 0 Å². The molecule has 80 valence electrons. The Balaban J connectivity index is 2.78. The van der Waals surface area contributed by atoms with E-state index in [2.05, 4.69) is 31.3 Å². The molecular formula is C13H18N2. The Morgan fingerprint density at radius 1 is 1.40 bits per heavy atom. The van der Waals surface area contributed by atoms with Gasteiger partial charge in [-0.3, -0.25) is 0 Å². The lowest BCUT2D eigenvalue weighted by atomic mass is 10.0. The average molecular weight is 202 g/mol. The van der Waals surface area contributed by atoms with Gasteiger partial charge in [-0.05, 0) is 37.1 Å². The molecule has 1 unspecified atom stereocenters. The van der Waals surface area contributed by atoms with E-state index in [-0.39, 0.29) is 0 Å². The molecular weight excluding hydrogens is 184 g/mol. The van der Waals surface area contributed by atoms with Crippen molar-refractivity contribution in [2.24, 2.45) is 0 Å². The predicted octanol–water partition coefficient (Wildman–Crippen LogP) is 3.01. The van der Waals surface area contributed by atoms with Crippen LogP contribution < -0.4 is 5.32 Å². The Bertz CT molecular complexity index is 339. The summed E-state index contributed by atoms with van der Waals surface area (Å²) in [6, 6.07) is 10.4. The first-order chi connectivity index (χ1) is 7.31. The molecule has 0 fully saturated rings. The van der Waals surface area contributed by atoms with Crippen LogP contribution in [-0.2, 0) is 0 Å². The van der Waals surface area contributed by atoms with E-state index >= 15 is 0 Å². The van der Waals surface area contributed by atoms with E-state index in [4.69, 9.17) is 5.26 Å². The van der Waals surface area contributed by atoms with Crippen LogP contribution in [0.15, 0.2) is 24.3 Å². The Labute approximate surface area is 91.9 Å². The third kappa shape index (κ3) is 3.38. The molecule has 1 aromatic rings. The average Bonchev–Trinajstić information content (AvgIpc) is 2.30. The second-order valence-corrected chi connectivity index (χ2v) is 3.65. The molecule has 1 aromatic carbocycles. The largest absolute Gasteiger partial charge is 0.310 e. The zero-order chi connectivity index (χ0) is 11.1. The van der Waals surface area contributed by atoms with Gasteiger partial charge in [-0.15, -0.1) is 0 Å². The molecule has 0 aliphatic rings. The predicted molar refractivity (Wildman–Crippen MR) is 62.5 cm³/mol. The summed E-state index contributed by atoms with van der Waals surface area (Å²) in [6.07, 6.45) is 2.18. The van der Waals surface area contributed by atoms with Gasteiger partial charge in [0.15, 0.2) is 0 Å².